The minimum absolute atomic E-state index is 0.158. The van der Waals surface area contributed by atoms with Crippen molar-refractivity contribution in [2.24, 2.45) is 0 Å². The van der Waals surface area contributed by atoms with Gasteiger partial charge in [-0.25, -0.2) is 9.97 Å². The molecule has 0 fully saturated rings. The molecule has 72 heavy (non-hydrogen) atoms. The third-order valence-electron chi connectivity index (χ3n) is 16.6. The van der Waals surface area contributed by atoms with Crippen molar-refractivity contribution in [1.82, 2.24) is 14.5 Å². The number of para-hydroxylation sites is 1. The molecule has 0 spiro atoms. The number of rotatable bonds is 3. The monoisotopic (exact) mass is 933 g/mol. The van der Waals surface area contributed by atoms with Gasteiger partial charge in [0.1, 0.15) is 0 Å². The first kappa shape index (κ1) is 40.1. The molecule has 336 valence electrons. The van der Waals surface area contributed by atoms with E-state index in [0.29, 0.717) is 5.82 Å². The van der Waals surface area contributed by atoms with Gasteiger partial charge in [-0.05, 0) is 115 Å². The van der Waals surface area contributed by atoms with Gasteiger partial charge in [-0.1, -0.05) is 179 Å². The molecule has 3 nitrogen and oxygen atoms in total. The maximum absolute atomic E-state index is 5.68. The van der Waals surface area contributed by atoms with Crippen molar-refractivity contribution < 1.29 is 0 Å². The second-order valence-electron chi connectivity index (χ2n) is 21.0. The van der Waals surface area contributed by atoms with E-state index in [1.807, 2.05) is 17.4 Å². The van der Waals surface area contributed by atoms with Gasteiger partial charge in [0.15, 0.2) is 5.82 Å². The minimum atomic E-state index is -0.316. The molecule has 0 N–H and O–H groups in total. The molecule has 14 aromatic rings. The van der Waals surface area contributed by atoms with Crippen molar-refractivity contribution in [3.05, 3.63) is 222 Å². The lowest BCUT2D eigenvalue weighted by molar-refractivity contribution is 0.660. The van der Waals surface area contributed by atoms with Crippen LogP contribution in [0.4, 0.5) is 0 Å². The molecule has 0 bridgehead atoms. The van der Waals surface area contributed by atoms with E-state index in [-0.39, 0.29) is 10.8 Å². The smallest absolute Gasteiger partial charge is 0.160 e. The molecule has 0 unspecified atom stereocenters. The standard InChI is InChI=1S/C68H43N3S/c1-67(2)53-26-14-11-19-43(53)44-32-29-38(35-54(44)67)62-61-47-20-7-5-17-41(47)42-18-6-10-23-50(42)63(61)70-66(69-62)39-30-33-45-46-34-31-40(37-56(46)68(3,4)55(45)36-39)71-57-27-15-12-24-51(57)59-48-21-8-9-22-49(48)60-52-25-13-16-28-58(52)72-65(60)64(59)71/h5,7-17,19-37H,1-4H3. The molecule has 3 heterocycles. The predicted octanol–water partition coefficient (Wildman–Crippen LogP) is 18.1. The average Bonchev–Trinajstić information content (AvgIpc) is 4.12. The lowest BCUT2D eigenvalue weighted by Crippen LogP contribution is -2.15. The molecule has 0 radical (unpaired) electrons. The van der Waals surface area contributed by atoms with Gasteiger partial charge in [0.05, 0.1) is 26.9 Å². The molecule has 11 aromatic carbocycles. The zero-order valence-corrected chi connectivity index (χ0v) is 41.0. The van der Waals surface area contributed by atoms with Gasteiger partial charge in [0.25, 0.3) is 0 Å². The van der Waals surface area contributed by atoms with Crippen LogP contribution in [0.5, 0.6) is 0 Å². The quantitative estimate of drug-likeness (QED) is 0.165. The summed E-state index contributed by atoms with van der Waals surface area (Å²) in [6, 6.07) is 76.3. The van der Waals surface area contributed by atoms with E-state index in [1.54, 1.807) is 0 Å². The highest BCUT2D eigenvalue weighted by molar-refractivity contribution is 7.27. The first-order valence-electron chi connectivity index (χ1n) is 25.0. The summed E-state index contributed by atoms with van der Waals surface area (Å²) >= 11 is 1.91. The Hall–Kier alpha value is -8.62. The highest BCUT2D eigenvalue weighted by Gasteiger charge is 2.38. The summed E-state index contributed by atoms with van der Waals surface area (Å²) in [5.74, 6) is 0.713. The third-order valence-corrected chi connectivity index (χ3v) is 17.8. The molecule has 4 heteroatoms. The van der Waals surface area contributed by atoms with Gasteiger partial charge in [0, 0.05) is 70.0 Å². The largest absolute Gasteiger partial charge is 0.308 e. The topological polar surface area (TPSA) is 30.7 Å². The number of thiophene rings is 1. The van der Waals surface area contributed by atoms with Crippen molar-refractivity contribution in [2.75, 3.05) is 0 Å². The molecule has 3 aromatic heterocycles. The van der Waals surface area contributed by atoms with Crippen LogP contribution in [0.15, 0.2) is 188 Å². The van der Waals surface area contributed by atoms with Crippen LogP contribution in [-0.4, -0.2) is 14.5 Å². The zero-order chi connectivity index (χ0) is 47.8. The van der Waals surface area contributed by atoms with Gasteiger partial charge in [-0.2, -0.15) is 0 Å². The molecule has 0 saturated heterocycles. The lowest BCUT2D eigenvalue weighted by Gasteiger charge is -2.23. The summed E-state index contributed by atoms with van der Waals surface area (Å²) in [6.45, 7) is 9.47. The van der Waals surface area contributed by atoms with E-state index in [1.165, 1.54) is 103 Å². The van der Waals surface area contributed by atoms with Crippen LogP contribution in [0.3, 0.4) is 0 Å². The van der Waals surface area contributed by atoms with Crippen molar-refractivity contribution in [3.8, 4) is 50.6 Å². The molecule has 0 saturated carbocycles. The number of benzene rings is 10. The van der Waals surface area contributed by atoms with Gasteiger partial charge >= 0.3 is 0 Å². The van der Waals surface area contributed by atoms with E-state index in [0.717, 1.165) is 49.3 Å². The zero-order valence-electron chi connectivity index (χ0n) is 40.1. The average molecular weight is 934 g/mol. The Labute approximate surface area is 420 Å². The molecule has 0 aliphatic heterocycles. The summed E-state index contributed by atoms with van der Waals surface area (Å²) in [4.78, 5) is 11.3. The maximum atomic E-state index is 5.68. The van der Waals surface area contributed by atoms with Crippen molar-refractivity contribution in [1.29, 1.82) is 0 Å². The molecule has 0 atom stereocenters. The van der Waals surface area contributed by atoms with Crippen LogP contribution >= 0.6 is 11.3 Å². The van der Waals surface area contributed by atoms with Crippen LogP contribution < -0.4 is 0 Å². The van der Waals surface area contributed by atoms with Crippen LogP contribution in [0.25, 0.3) is 136 Å². The number of hydrogen-bond acceptors (Lipinski definition) is 3. The molecule has 2 aliphatic rings. The number of aromatic nitrogens is 3. The van der Waals surface area contributed by atoms with Crippen molar-refractivity contribution in [3.63, 3.8) is 0 Å². The fourth-order valence-corrected chi connectivity index (χ4v) is 14.5. The fraction of sp³-hybridized carbons (Fsp3) is 0.0882. The second-order valence-corrected chi connectivity index (χ2v) is 22.1. The molecule has 16 rings (SSSR count). The Kier molecular flexibility index (Phi) is 7.83. The molecular formula is C68H43N3S. The normalized spacial score (nSPS) is 14.2. The van der Waals surface area contributed by atoms with Crippen molar-refractivity contribution >= 4 is 96.5 Å². The Balaban J connectivity index is 0.897. The first-order chi connectivity index (χ1) is 35.2. The van der Waals surface area contributed by atoms with Gasteiger partial charge in [0.2, 0.25) is 0 Å². The Morgan fingerprint density at radius 1 is 0.458 bits per heavy atom. The number of hydrogen-bond donors (Lipinski definition) is 0. The van der Waals surface area contributed by atoms with Gasteiger partial charge in [-0.3, -0.25) is 0 Å². The van der Waals surface area contributed by atoms with Crippen LogP contribution in [0.1, 0.15) is 49.9 Å². The molecule has 0 amide bonds. The number of fused-ring (bicyclic) bond motifs is 22. The third kappa shape index (κ3) is 5.15. The maximum Gasteiger partial charge on any atom is 0.160 e. The summed E-state index contributed by atoms with van der Waals surface area (Å²) in [5.41, 5.74) is 17.6. The predicted molar refractivity (Wildman–Crippen MR) is 303 cm³/mol. The van der Waals surface area contributed by atoms with E-state index in [9.17, 15) is 0 Å². The summed E-state index contributed by atoms with van der Waals surface area (Å²) < 4.78 is 5.19. The van der Waals surface area contributed by atoms with E-state index >= 15 is 0 Å². The van der Waals surface area contributed by atoms with Crippen molar-refractivity contribution in [2.45, 2.75) is 38.5 Å². The summed E-state index contributed by atoms with van der Waals surface area (Å²) in [6.07, 6.45) is 0. The van der Waals surface area contributed by atoms with Crippen LogP contribution in [0.2, 0.25) is 0 Å². The highest BCUT2D eigenvalue weighted by Crippen LogP contribution is 2.54. The lowest BCUT2D eigenvalue weighted by atomic mass is 9.81. The second kappa shape index (κ2) is 14.0. The minimum Gasteiger partial charge on any atom is -0.308 e. The van der Waals surface area contributed by atoms with E-state index in [2.05, 4.69) is 226 Å². The van der Waals surface area contributed by atoms with Crippen LogP contribution in [-0.2, 0) is 10.8 Å². The van der Waals surface area contributed by atoms with E-state index < -0.39 is 0 Å². The SMILES string of the molecule is CC1(C)c2ccccc2-c2ccc(-c3nc(-c4ccc5c(c4)C(C)(C)c4cc(-n6c7ccccc7c7c8ccccc8c8c9ccccc9sc8c76)ccc4-5)nc4c5ccc#cc5c5ccccc5c34)cc21. The highest BCUT2D eigenvalue weighted by atomic mass is 32.1. The van der Waals surface area contributed by atoms with Gasteiger partial charge in [-0.15, -0.1) is 11.3 Å². The Morgan fingerprint density at radius 3 is 1.83 bits per heavy atom. The Bertz CT molecular complexity index is 4760. The Morgan fingerprint density at radius 2 is 1.04 bits per heavy atom. The van der Waals surface area contributed by atoms with Crippen LogP contribution in [0, 0.1) is 12.1 Å². The fourth-order valence-electron chi connectivity index (χ4n) is 13.2. The first-order valence-corrected chi connectivity index (χ1v) is 25.8. The summed E-state index contributed by atoms with van der Waals surface area (Å²) in [5, 5.41) is 13.2. The van der Waals surface area contributed by atoms with E-state index in [4.69, 9.17) is 9.97 Å². The van der Waals surface area contributed by atoms with Gasteiger partial charge < -0.3 is 4.57 Å². The summed E-state index contributed by atoms with van der Waals surface area (Å²) in [7, 11) is 0. The number of nitrogens with zero attached hydrogens (tertiary/aromatic N) is 3. The molecule has 2 aliphatic carbocycles. The molecular weight excluding hydrogens is 891 g/mol.